The fourth-order valence-electron chi connectivity index (χ4n) is 3.34. The quantitative estimate of drug-likeness (QED) is 0.536. The molecule has 0 radical (unpaired) electrons. The van der Waals surface area contributed by atoms with Crippen LogP contribution in [0.5, 0.6) is 0 Å². The standard InChI is InChI=1S/C15H21N.C9H16N2O3/c1-11(2)14(12-7-4-3-5-8-12)15(16)13-9-6-10-13;1-6(3-4-10)8(13)9(14)11-5-7(2)12/h3-5,7-8,11,14H,6,9-10,16H2,1-2H3;6H,3-5,10H2,1-2H3,(H,11,14)/t14-;/m0./s1. The van der Waals surface area contributed by atoms with Gasteiger partial charge >= 0.3 is 0 Å². The van der Waals surface area contributed by atoms with Crippen molar-refractivity contribution in [3.05, 3.63) is 47.2 Å². The Morgan fingerprint density at radius 1 is 1.07 bits per heavy atom. The second kappa shape index (κ2) is 13.0. The molecule has 6 heteroatoms. The monoisotopic (exact) mass is 415 g/mol. The van der Waals surface area contributed by atoms with Gasteiger partial charge in [0.25, 0.3) is 5.91 Å². The predicted molar refractivity (Wildman–Crippen MR) is 121 cm³/mol. The van der Waals surface area contributed by atoms with Gasteiger partial charge in [0.1, 0.15) is 5.78 Å². The number of Topliss-reactive ketones (excluding diaryl/α,β-unsaturated/α-hetero) is 2. The molecule has 0 aromatic heterocycles. The summed E-state index contributed by atoms with van der Waals surface area (Å²) in [4.78, 5) is 32.9. The summed E-state index contributed by atoms with van der Waals surface area (Å²) in [7, 11) is 0. The SMILES string of the molecule is CC(=O)CNC(=O)C(=O)C(C)CCN.CC(C)[C@H](C(N)=C1CCC1)c1ccccc1. The number of carbonyl (C=O) groups excluding carboxylic acids is 3. The van der Waals surface area contributed by atoms with Crippen molar-refractivity contribution in [1.82, 2.24) is 5.32 Å². The van der Waals surface area contributed by atoms with Gasteiger partial charge in [-0.1, -0.05) is 56.7 Å². The van der Waals surface area contributed by atoms with E-state index in [4.69, 9.17) is 11.5 Å². The minimum atomic E-state index is -0.707. The van der Waals surface area contributed by atoms with Gasteiger partial charge in [-0.25, -0.2) is 0 Å². The van der Waals surface area contributed by atoms with Gasteiger partial charge in [0.05, 0.1) is 6.54 Å². The molecule has 1 fully saturated rings. The molecule has 0 spiro atoms. The van der Waals surface area contributed by atoms with E-state index >= 15 is 0 Å². The lowest BCUT2D eigenvalue weighted by Gasteiger charge is -2.28. The minimum absolute atomic E-state index is 0.0973. The second-order valence-corrected chi connectivity index (χ2v) is 8.27. The third-order valence-corrected chi connectivity index (χ3v) is 5.29. The highest BCUT2D eigenvalue weighted by Crippen LogP contribution is 2.36. The highest BCUT2D eigenvalue weighted by Gasteiger charge is 2.23. The number of ketones is 2. The molecule has 2 atom stereocenters. The fraction of sp³-hybridized carbons (Fsp3) is 0.542. The Labute approximate surface area is 180 Å². The molecule has 6 nitrogen and oxygen atoms in total. The molecule has 2 rings (SSSR count). The highest BCUT2D eigenvalue weighted by atomic mass is 16.2. The Kier molecular flexibility index (Phi) is 11.0. The molecule has 1 aromatic rings. The van der Waals surface area contributed by atoms with Crippen LogP contribution in [0.2, 0.25) is 0 Å². The van der Waals surface area contributed by atoms with Crippen LogP contribution in [0, 0.1) is 11.8 Å². The number of carbonyl (C=O) groups is 3. The summed E-state index contributed by atoms with van der Waals surface area (Å²) in [6, 6.07) is 10.6. The fourth-order valence-corrected chi connectivity index (χ4v) is 3.34. The molecular formula is C24H37N3O3. The molecule has 166 valence electrons. The van der Waals surface area contributed by atoms with Crippen molar-refractivity contribution in [3.63, 3.8) is 0 Å². The van der Waals surface area contributed by atoms with E-state index in [1.807, 2.05) is 0 Å². The molecule has 30 heavy (non-hydrogen) atoms. The Morgan fingerprint density at radius 3 is 2.10 bits per heavy atom. The summed E-state index contributed by atoms with van der Waals surface area (Å²) in [5, 5.41) is 2.24. The summed E-state index contributed by atoms with van der Waals surface area (Å²) in [5.74, 6) is -0.825. The van der Waals surface area contributed by atoms with Gasteiger partial charge in [-0.15, -0.1) is 0 Å². The van der Waals surface area contributed by atoms with E-state index in [-0.39, 0.29) is 18.2 Å². The van der Waals surface area contributed by atoms with Crippen LogP contribution in [-0.4, -0.2) is 30.6 Å². The van der Waals surface area contributed by atoms with Crippen molar-refractivity contribution in [1.29, 1.82) is 0 Å². The Balaban J connectivity index is 0.000000304. The van der Waals surface area contributed by atoms with Crippen LogP contribution in [0.1, 0.15) is 64.9 Å². The smallest absolute Gasteiger partial charge is 0.288 e. The largest absolute Gasteiger partial charge is 0.402 e. The summed E-state index contributed by atoms with van der Waals surface area (Å²) < 4.78 is 0. The van der Waals surface area contributed by atoms with Crippen LogP contribution in [0.4, 0.5) is 0 Å². The molecule has 1 saturated carbocycles. The number of benzene rings is 1. The molecular weight excluding hydrogens is 378 g/mol. The van der Waals surface area contributed by atoms with Crippen LogP contribution in [0.3, 0.4) is 0 Å². The van der Waals surface area contributed by atoms with Crippen LogP contribution in [-0.2, 0) is 14.4 Å². The number of nitrogens with one attached hydrogen (secondary N) is 1. The zero-order valence-corrected chi connectivity index (χ0v) is 18.7. The maximum atomic E-state index is 11.3. The molecule has 1 aliphatic rings. The van der Waals surface area contributed by atoms with E-state index in [1.54, 1.807) is 6.92 Å². The molecule has 0 heterocycles. The summed E-state index contributed by atoms with van der Waals surface area (Å²) >= 11 is 0. The molecule has 1 aliphatic carbocycles. The van der Waals surface area contributed by atoms with Crippen molar-refractivity contribution in [2.75, 3.05) is 13.1 Å². The molecule has 0 bridgehead atoms. The van der Waals surface area contributed by atoms with Gasteiger partial charge in [0, 0.05) is 17.5 Å². The molecule has 0 aliphatic heterocycles. The summed E-state index contributed by atoms with van der Waals surface area (Å²) in [6.07, 6.45) is 4.21. The normalized spacial score (nSPS) is 14.7. The summed E-state index contributed by atoms with van der Waals surface area (Å²) in [6.45, 7) is 7.76. The minimum Gasteiger partial charge on any atom is -0.402 e. The van der Waals surface area contributed by atoms with E-state index in [0.29, 0.717) is 24.8 Å². The van der Waals surface area contributed by atoms with Crippen LogP contribution in [0.25, 0.3) is 0 Å². The molecule has 1 amide bonds. The number of hydrogen-bond donors (Lipinski definition) is 3. The maximum absolute atomic E-state index is 11.3. The topological polar surface area (TPSA) is 115 Å². The van der Waals surface area contributed by atoms with E-state index < -0.39 is 11.7 Å². The van der Waals surface area contributed by atoms with E-state index in [1.165, 1.54) is 37.3 Å². The number of nitrogens with two attached hydrogens (primary N) is 2. The van der Waals surface area contributed by atoms with Gasteiger partial charge in [0.2, 0.25) is 5.78 Å². The first-order chi connectivity index (χ1) is 14.2. The first kappa shape index (κ1) is 25.6. The van der Waals surface area contributed by atoms with E-state index in [2.05, 4.69) is 49.5 Å². The molecule has 5 N–H and O–H groups in total. The van der Waals surface area contributed by atoms with E-state index in [9.17, 15) is 14.4 Å². The Bertz CT molecular complexity index is 735. The maximum Gasteiger partial charge on any atom is 0.288 e. The summed E-state index contributed by atoms with van der Waals surface area (Å²) in [5.41, 5.74) is 15.6. The van der Waals surface area contributed by atoms with Gasteiger partial charge in [0.15, 0.2) is 0 Å². The van der Waals surface area contributed by atoms with Crippen LogP contribution >= 0.6 is 0 Å². The lowest BCUT2D eigenvalue weighted by Crippen LogP contribution is -2.37. The lowest BCUT2D eigenvalue weighted by molar-refractivity contribution is -0.140. The lowest BCUT2D eigenvalue weighted by atomic mass is 9.79. The number of allylic oxidation sites excluding steroid dienone is 2. The van der Waals surface area contributed by atoms with E-state index in [0.717, 1.165) is 5.70 Å². The average Bonchev–Trinajstić information content (AvgIpc) is 2.65. The van der Waals surface area contributed by atoms with Crippen molar-refractivity contribution in [2.45, 2.75) is 59.3 Å². The van der Waals surface area contributed by atoms with Crippen LogP contribution < -0.4 is 16.8 Å². The average molecular weight is 416 g/mol. The molecule has 1 unspecified atom stereocenters. The molecule has 1 aromatic carbocycles. The molecule has 0 saturated heterocycles. The number of amides is 1. The Morgan fingerprint density at radius 2 is 1.67 bits per heavy atom. The van der Waals surface area contributed by atoms with Gasteiger partial charge in [-0.2, -0.15) is 0 Å². The first-order valence-corrected chi connectivity index (χ1v) is 10.7. The van der Waals surface area contributed by atoms with Crippen molar-refractivity contribution in [3.8, 4) is 0 Å². The number of hydrogen-bond acceptors (Lipinski definition) is 5. The third-order valence-electron chi connectivity index (χ3n) is 5.29. The highest BCUT2D eigenvalue weighted by molar-refractivity contribution is 6.37. The zero-order valence-electron chi connectivity index (χ0n) is 18.7. The van der Waals surface area contributed by atoms with Gasteiger partial charge in [-0.05, 0) is 50.6 Å². The third kappa shape index (κ3) is 8.11. The first-order valence-electron chi connectivity index (χ1n) is 10.7. The van der Waals surface area contributed by atoms with Gasteiger partial charge in [-0.3, -0.25) is 14.4 Å². The van der Waals surface area contributed by atoms with Crippen molar-refractivity contribution >= 4 is 17.5 Å². The van der Waals surface area contributed by atoms with Crippen LogP contribution in [0.15, 0.2) is 41.6 Å². The van der Waals surface area contributed by atoms with Gasteiger partial charge < -0.3 is 16.8 Å². The van der Waals surface area contributed by atoms with Crippen molar-refractivity contribution in [2.24, 2.45) is 23.3 Å². The predicted octanol–water partition coefficient (Wildman–Crippen LogP) is 3.07. The number of rotatable bonds is 9. The second-order valence-electron chi connectivity index (χ2n) is 8.27. The zero-order chi connectivity index (χ0) is 22.7. The van der Waals surface area contributed by atoms with Crippen molar-refractivity contribution < 1.29 is 14.4 Å². The Hall–Kier alpha value is -2.47.